The molecular weight excluding hydrogens is 286 g/mol. The van der Waals surface area contributed by atoms with Gasteiger partial charge in [-0.15, -0.1) is 0 Å². The van der Waals surface area contributed by atoms with E-state index in [0.29, 0.717) is 10.6 Å². The molecule has 1 aliphatic heterocycles. The van der Waals surface area contributed by atoms with Crippen molar-refractivity contribution in [1.29, 1.82) is 0 Å². The fraction of sp³-hybridized carbons (Fsp3) is 0.250. The van der Waals surface area contributed by atoms with E-state index >= 15 is 0 Å². The minimum absolute atomic E-state index is 0.0216. The first-order valence-electron chi connectivity index (χ1n) is 6.88. The van der Waals surface area contributed by atoms with E-state index in [9.17, 15) is 8.42 Å². The minimum atomic E-state index is -3.41. The van der Waals surface area contributed by atoms with Crippen molar-refractivity contribution in [2.45, 2.75) is 23.4 Å². The second-order valence-corrected chi connectivity index (χ2v) is 7.27. The lowest BCUT2D eigenvalue weighted by molar-refractivity contribution is 0.414. The van der Waals surface area contributed by atoms with E-state index in [2.05, 4.69) is 6.07 Å². The molecule has 1 saturated heterocycles. The molecule has 0 spiro atoms. The summed E-state index contributed by atoms with van der Waals surface area (Å²) in [4.78, 5) is 0.329. The van der Waals surface area contributed by atoms with Crippen LogP contribution < -0.4 is 4.74 Å². The van der Waals surface area contributed by atoms with Gasteiger partial charge >= 0.3 is 0 Å². The Labute approximate surface area is 124 Å². The number of methoxy groups -OCH3 is 1. The zero-order valence-corrected chi connectivity index (χ0v) is 12.4. The predicted octanol–water partition coefficient (Wildman–Crippen LogP) is 2.37. The smallest absolute Gasteiger partial charge is 0.244 e. The molecule has 1 heterocycles. The maximum atomic E-state index is 12.7. The van der Waals surface area contributed by atoms with Gasteiger partial charge in [0, 0.05) is 0 Å². The molecule has 2 aromatic rings. The maximum absolute atomic E-state index is 12.7. The largest absolute Gasteiger partial charge is 0.497 e. The number of sulfonamides is 1. The molecule has 5 heteroatoms. The summed E-state index contributed by atoms with van der Waals surface area (Å²) in [6, 6.07) is 14.8. The van der Waals surface area contributed by atoms with Crippen LogP contribution in [0.5, 0.6) is 5.75 Å². The highest BCUT2D eigenvalue weighted by atomic mass is 32.2. The summed E-state index contributed by atoms with van der Waals surface area (Å²) in [6.07, 6.45) is 0.816. The van der Waals surface area contributed by atoms with E-state index in [1.807, 2.05) is 18.2 Å². The summed E-state index contributed by atoms with van der Waals surface area (Å²) >= 11 is 0. The van der Waals surface area contributed by atoms with Crippen LogP contribution in [0.1, 0.15) is 17.2 Å². The van der Waals surface area contributed by atoms with Gasteiger partial charge in [-0.05, 0) is 41.8 Å². The van der Waals surface area contributed by atoms with E-state index in [-0.39, 0.29) is 12.1 Å². The van der Waals surface area contributed by atoms with Crippen LogP contribution in [-0.2, 0) is 16.4 Å². The summed E-state index contributed by atoms with van der Waals surface area (Å²) in [5.74, 6) is 0.658. The van der Waals surface area contributed by atoms with Gasteiger partial charge in [0.2, 0.25) is 10.0 Å². The quantitative estimate of drug-likeness (QED) is 0.818. The Hall–Kier alpha value is -1.85. The number of hydrogen-bond acceptors (Lipinski definition) is 3. The Morgan fingerprint density at radius 2 is 1.81 bits per heavy atom. The second kappa shape index (κ2) is 4.32. The third kappa shape index (κ3) is 1.81. The van der Waals surface area contributed by atoms with Crippen molar-refractivity contribution in [3.8, 4) is 5.75 Å². The van der Waals surface area contributed by atoms with Crippen LogP contribution in [0, 0.1) is 0 Å². The average Bonchev–Trinajstić information content (AvgIpc) is 3.12. The summed E-state index contributed by atoms with van der Waals surface area (Å²) in [5, 5.41) is 0. The fourth-order valence-electron chi connectivity index (χ4n) is 3.23. The number of rotatable bonds is 3. The molecule has 0 radical (unpaired) electrons. The fourth-order valence-corrected chi connectivity index (χ4v) is 5.00. The first-order chi connectivity index (χ1) is 10.1. The summed E-state index contributed by atoms with van der Waals surface area (Å²) in [5.41, 5.74) is 2.42. The molecule has 3 unspecified atom stereocenters. The van der Waals surface area contributed by atoms with Gasteiger partial charge < -0.3 is 4.74 Å². The molecule has 4 nitrogen and oxygen atoms in total. The second-order valence-electron chi connectivity index (χ2n) is 5.43. The van der Waals surface area contributed by atoms with Crippen LogP contribution >= 0.6 is 0 Å². The molecule has 108 valence electrons. The molecule has 3 atom stereocenters. The van der Waals surface area contributed by atoms with E-state index in [1.165, 1.54) is 5.56 Å². The summed E-state index contributed by atoms with van der Waals surface area (Å²) in [7, 11) is -1.85. The van der Waals surface area contributed by atoms with E-state index < -0.39 is 10.0 Å². The van der Waals surface area contributed by atoms with Crippen LogP contribution in [0.15, 0.2) is 53.4 Å². The molecule has 21 heavy (non-hydrogen) atoms. The number of nitrogens with zero attached hydrogens (tertiary/aromatic N) is 1. The zero-order valence-electron chi connectivity index (χ0n) is 11.6. The Kier molecular flexibility index (Phi) is 2.65. The Morgan fingerprint density at radius 1 is 1.10 bits per heavy atom. The third-order valence-electron chi connectivity index (χ3n) is 4.31. The molecule has 1 aliphatic carbocycles. The van der Waals surface area contributed by atoms with Crippen LogP contribution in [0.25, 0.3) is 0 Å². The van der Waals surface area contributed by atoms with Crippen molar-refractivity contribution in [2.75, 3.05) is 7.11 Å². The average molecular weight is 301 g/mol. The van der Waals surface area contributed by atoms with Gasteiger partial charge in [0.05, 0.1) is 24.1 Å². The highest BCUT2D eigenvalue weighted by Crippen LogP contribution is 2.54. The van der Waals surface area contributed by atoms with E-state index in [1.54, 1.807) is 35.7 Å². The van der Waals surface area contributed by atoms with Crippen LogP contribution in [-0.4, -0.2) is 25.9 Å². The van der Waals surface area contributed by atoms with E-state index in [0.717, 1.165) is 12.0 Å². The Balaban J connectivity index is 1.66. The lowest BCUT2D eigenvalue weighted by Gasteiger charge is -2.11. The van der Waals surface area contributed by atoms with Crippen molar-refractivity contribution in [1.82, 2.24) is 4.31 Å². The first-order valence-corrected chi connectivity index (χ1v) is 8.32. The lowest BCUT2D eigenvalue weighted by atomic mass is 10.1. The van der Waals surface area contributed by atoms with Crippen molar-refractivity contribution in [3.05, 3.63) is 59.7 Å². The molecule has 0 bridgehead atoms. The minimum Gasteiger partial charge on any atom is -0.497 e. The van der Waals surface area contributed by atoms with Gasteiger partial charge in [-0.3, -0.25) is 0 Å². The van der Waals surface area contributed by atoms with Crippen LogP contribution in [0.2, 0.25) is 0 Å². The molecule has 4 rings (SSSR count). The summed E-state index contributed by atoms with van der Waals surface area (Å²) < 4.78 is 32.1. The summed E-state index contributed by atoms with van der Waals surface area (Å²) in [6.45, 7) is 0. The first kappa shape index (κ1) is 12.9. The van der Waals surface area contributed by atoms with Crippen molar-refractivity contribution >= 4 is 10.0 Å². The molecule has 2 aromatic carbocycles. The van der Waals surface area contributed by atoms with Gasteiger partial charge in [0.15, 0.2) is 0 Å². The number of ether oxygens (including phenoxy) is 1. The highest BCUT2D eigenvalue weighted by molar-refractivity contribution is 7.89. The Bertz CT molecular complexity index is 799. The van der Waals surface area contributed by atoms with E-state index in [4.69, 9.17) is 4.74 Å². The molecular formula is C16H15NO3S. The Morgan fingerprint density at radius 3 is 2.52 bits per heavy atom. The monoisotopic (exact) mass is 301 g/mol. The van der Waals surface area contributed by atoms with Gasteiger partial charge in [-0.1, -0.05) is 24.3 Å². The van der Waals surface area contributed by atoms with Gasteiger partial charge in [-0.2, -0.15) is 4.31 Å². The van der Waals surface area contributed by atoms with Gasteiger partial charge in [0.1, 0.15) is 5.75 Å². The third-order valence-corrected chi connectivity index (χ3v) is 6.23. The van der Waals surface area contributed by atoms with Crippen molar-refractivity contribution in [2.24, 2.45) is 0 Å². The van der Waals surface area contributed by atoms with Crippen molar-refractivity contribution in [3.63, 3.8) is 0 Å². The highest BCUT2D eigenvalue weighted by Gasteiger charge is 2.59. The van der Waals surface area contributed by atoms with Gasteiger partial charge in [-0.25, -0.2) is 8.42 Å². The molecule has 0 N–H and O–H groups in total. The zero-order chi connectivity index (χ0) is 14.6. The number of benzene rings is 2. The van der Waals surface area contributed by atoms with Crippen molar-refractivity contribution < 1.29 is 13.2 Å². The lowest BCUT2D eigenvalue weighted by Crippen LogP contribution is -2.17. The standard InChI is InChI=1S/C16H15NO3S/c1-20-12-6-8-13(9-7-12)21(18,19)17-15-10-11-4-2-3-5-14(11)16(15)17/h2-9,15-16H,10H2,1H3. The normalized spacial score (nSPS) is 26.0. The molecule has 0 amide bonds. The molecule has 0 aromatic heterocycles. The topological polar surface area (TPSA) is 46.4 Å². The maximum Gasteiger partial charge on any atom is 0.244 e. The number of fused-ring (bicyclic) bond motifs is 3. The number of hydrogen-bond donors (Lipinski definition) is 0. The van der Waals surface area contributed by atoms with Crippen LogP contribution in [0.4, 0.5) is 0 Å². The van der Waals surface area contributed by atoms with Gasteiger partial charge in [0.25, 0.3) is 0 Å². The predicted molar refractivity (Wildman–Crippen MR) is 78.7 cm³/mol. The molecule has 2 aliphatic rings. The molecule has 0 saturated carbocycles. The van der Waals surface area contributed by atoms with Crippen LogP contribution in [0.3, 0.4) is 0 Å². The SMILES string of the molecule is COc1ccc(S(=O)(=O)N2C3Cc4ccccc4C32)cc1. The molecule has 1 fully saturated rings.